The van der Waals surface area contributed by atoms with Crippen LogP contribution in [0.3, 0.4) is 0 Å². The number of aliphatic carboxylic acids is 1. The molecule has 1 aromatic rings. The summed E-state index contributed by atoms with van der Waals surface area (Å²) >= 11 is 0. The van der Waals surface area contributed by atoms with Gasteiger partial charge >= 0.3 is 12.0 Å². The number of amides is 2. The van der Waals surface area contributed by atoms with Gasteiger partial charge in [-0.3, -0.25) is 0 Å². The van der Waals surface area contributed by atoms with Gasteiger partial charge in [0.1, 0.15) is 6.04 Å². The van der Waals surface area contributed by atoms with Gasteiger partial charge in [0.2, 0.25) is 0 Å². The number of nitrogens with one attached hydrogen (secondary N) is 1. The van der Waals surface area contributed by atoms with E-state index in [2.05, 4.69) is 5.32 Å². The number of urea groups is 1. The van der Waals surface area contributed by atoms with Crippen molar-refractivity contribution in [3.05, 3.63) is 29.8 Å². The topological polar surface area (TPSA) is 118 Å². The highest BCUT2D eigenvalue weighted by molar-refractivity contribution is 5.81. The zero-order chi connectivity index (χ0) is 12.1. The van der Waals surface area contributed by atoms with Crippen LogP contribution in [-0.4, -0.2) is 23.1 Å². The van der Waals surface area contributed by atoms with Gasteiger partial charge in [-0.1, -0.05) is 12.1 Å². The number of carbonyl (C=O) groups excluding carboxylic acids is 1. The van der Waals surface area contributed by atoms with Crippen LogP contribution in [0.2, 0.25) is 0 Å². The third-order valence-corrected chi connectivity index (χ3v) is 2.03. The van der Waals surface area contributed by atoms with Crippen molar-refractivity contribution in [2.24, 2.45) is 5.73 Å². The van der Waals surface area contributed by atoms with Gasteiger partial charge in [-0.2, -0.15) is 0 Å². The average molecular weight is 223 g/mol. The lowest BCUT2D eigenvalue weighted by molar-refractivity contribution is -0.139. The van der Waals surface area contributed by atoms with Crippen LogP contribution >= 0.6 is 0 Å². The fourth-order valence-electron chi connectivity index (χ4n) is 1.26. The molecule has 1 atom stereocenters. The Hall–Kier alpha value is -2.24. The smallest absolute Gasteiger partial charge is 0.326 e. The first-order chi connectivity index (χ1) is 7.49. The van der Waals surface area contributed by atoms with Crippen molar-refractivity contribution in [1.29, 1.82) is 0 Å². The maximum atomic E-state index is 10.8. The molecule has 0 saturated heterocycles. The van der Waals surface area contributed by atoms with Crippen molar-refractivity contribution in [3.63, 3.8) is 0 Å². The van der Waals surface area contributed by atoms with Crippen LogP contribution in [0.15, 0.2) is 24.3 Å². The number of carboxylic acid groups (broad SMARTS) is 1. The first-order valence-electron chi connectivity index (χ1n) is 4.62. The van der Waals surface area contributed by atoms with Crippen molar-refractivity contribution in [2.45, 2.75) is 12.5 Å². The molecule has 0 aliphatic rings. The van der Waals surface area contributed by atoms with E-state index in [9.17, 15) is 9.59 Å². The van der Waals surface area contributed by atoms with E-state index in [1.165, 1.54) is 0 Å². The minimum atomic E-state index is -1.13. The van der Waals surface area contributed by atoms with Gasteiger partial charge in [0.25, 0.3) is 0 Å². The Kier molecular flexibility index (Phi) is 3.71. The predicted octanol–water partition coefficient (Wildman–Crippen LogP) is -0.0672. The highest BCUT2D eigenvalue weighted by atomic mass is 16.4. The van der Waals surface area contributed by atoms with Crippen LogP contribution in [0.25, 0.3) is 0 Å². The third-order valence-electron chi connectivity index (χ3n) is 2.03. The summed E-state index contributed by atoms with van der Waals surface area (Å²) in [7, 11) is 0. The molecule has 0 heterocycles. The average Bonchev–Trinajstić information content (AvgIpc) is 2.19. The van der Waals surface area contributed by atoms with Crippen LogP contribution in [0.1, 0.15) is 5.56 Å². The lowest BCUT2D eigenvalue weighted by Gasteiger charge is -2.12. The fraction of sp³-hybridized carbons (Fsp3) is 0.200. The number of rotatable bonds is 4. The van der Waals surface area contributed by atoms with E-state index in [1.807, 2.05) is 0 Å². The number of primary amides is 1. The van der Waals surface area contributed by atoms with Crippen LogP contribution in [0.4, 0.5) is 10.5 Å². The van der Waals surface area contributed by atoms with Crippen molar-refractivity contribution in [1.82, 2.24) is 5.32 Å². The lowest BCUT2D eigenvalue weighted by atomic mass is 10.1. The molecule has 1 aromatic carbocycles. The van der Waals surface area contributed by atoms with Crippen LogP contribution < -0.4 is 16.8 Å². The fourth-order valence-corrected chi connectivity index (χ4v) is 1.26. The Balaban J connectivity index is 2.71. The summed E-state index contributed by atoms with van der Waals surface area (Å²) < 4.78 is 0. The molecule has 2 amide bonds. The van der Waals surface area contributed by atoms with Crippen molar-refractivity contribution >= 4 is 17.7 Å². The Labute approximate surface area is 92.2 Å². The molecule has 6 heteroatoms. The van der Waals surface area contributed by atoms with Gasteiger partial charge in [-0.05, 0) is 17.7 Å². The Morgan fingerprint density at radius 3 is 2.31 bits per heavy atom. The Bertz CT molecular complexity index is 389. The predicted molar refractivity (Wildman–Crippen MR) is 58.7 cm³/mol. The third kappa shape index (κ3) is 3.49. The van der Waals surface area contributed by atoms with E-state index in [1.54, 1.807) is 24.3 Å². The molecule has 0 aliphatic carbocycles. The number of carbonyl (C=O) groups is 2. The summed E-state index contributed by atoms with van der Waals surface area (Å²) in [4.78, 5) is 21.4. The molecule has 0 spiro atoms. The van der Waals surface area contributed by atoms with Crippen molar-refractivity contribution in [3.8, 4) is 0 Å². The number of nitrogen functional groups attached to an aromatic ring is 1. The number of carboxylic acids is 1. The number of hydrogen-bond acceptors (Lipinski definition) is 3. The molecule has 0 saturated carbocycles. The maximum absolute atomic E-state index is 10.8. The molecule has 0 unspecified atom stereocenters. The second-order valence-electron chi connectivity index (χ2n) is 3.35. The molecule has 6 N–H and O–H groups in total. The molecule has 0 aromatic heterocycles. The number of anilines is 1. The van der Waals surface area contributed by atoms with Crippen molar-refractivity contribution < 1.29 is 14.7 Å². The van der Waals surface area contributed by atoms with Gasteiger partial charge in [0.15, 0.2) is 0 Å². The molecule has 1 rings (SSSR count). The summed E-state index contributed by atoms with van der Waals surface area (Å²) in [6.45, 7) is 0. The summed E-state index contributed by atoms with van der Waals surface area (Å²) in [5.41, 5.74) is 11.7. The summed E-state index contributed by atoms with van der Waals surface area (Å²) in [5, 5.41) is 11.0. The van der Waals surface area contributed by atoms with E-state index in [-0.39, 0.29) is 6.42 Å². The van der Waals surface area contributed by atoms with E-state index in [4.69, 9.17) is 16.6 Å². The maximum Gasteiger partial charge on any atom is 0.326 e. The molecule has 16 heavy (non-hydrogen) atoms. The minimum absolute atomic E-state index is 0.165. The van der Waals surface area contributed by atoms with Gasteiger partial charge in [-0.25, -0.2) is 9.59 Å². The normalized spacial score (nSPS) is 11.8. The van der Waals surface area contributed by atoms with E-state index in [0.29, 0.717) is 5.69 Å². The zero-order valence-electron chi connectivity index (χ0n) is 8.51. The van der Waals surface area contributed by atoms with Gasteiger partial charge in [-0.15, -0.1) is 0 Å². The number of hydrogen-bond donors (Lipinski definition) is 4. The van der Waals surface area contributed by atoms with Crippen LogP contribution in [-0.2, 0) is 11.2 Å². The van der Waals surface area contributed by atoms with Crippen LogP contribution in [0, 0.1) is 0 Å². The molecule has 0 bridgehead atoms. The Morgan fingerprint density at radius 1 is 1.31 bits per heavy atom. The molecule has 6 nitrogen and oxygen atoms in total. The standard InChI is InChI=1S/C10H13N3O3/c11-7-3-1-6(2-4-7)5-8(9(14)15)13-10(12)16/h1-4,8H,5,11H2,(H,14,15)(H3,12,13,16)/t8-/m0/s1. The Morgan fingerprint density at radius 2 is 1.88 bits per heavy atom. The summed E-state index contributed by atoms with van der Waals surface area (Å²) in [6, 6.07) is 4.85. The SMILES string of the molecule is NC(=O)N[C@@H](Cc1ccc(N)cc1)C(=O)O. The van der Waals surface area contributed by atoms with E-state index < -0.39 is 18.0 Å². The highest BCUT2D eigenvalue weighted by Gasteiger charge is 2.18. The molecule has 0 fully saturated rings. The van der Waals surface area contributed by atoms with E-state index >= 15 is 0 Å². The van der Waals surface area contributed by atoms with Gasteiger partial charge in [0.05, 0.1) is 0 Å². The lowest BCUT2D eigenvalue weighted by Crippen LogP contribution is -2.44. The van der Waals surface area contributed by atoms with Gasteiger partial charge in [0, 0.05) is 12.1 Å². The molecular weight excluding hydrogens is 210 g/mol. The van der Waals surface area contributed by atoms with E-state index in [0.717, 1.165) is 5.56 Å². The molecule has 0 aliphatic heterocycles. The molecule has 86 valence electrons. The minimum Gasteiger partial charge on any atom is -0.480 e. The second kappa shape index (κ2) is 5.01. The summed E-state index contributed by atoms with van der Waals surface area (Å²) in [6.07, 6.45) is 0.165. The quantitative estimate of drug-likeness (QED) is 0.534. The largest absolute Gasteiger partial charge is 0.480 e. The molecule has 0 radical (unpaired) electrons. The van der Waals surface area contributed by atoms with Crippen molar-refractivity contribution in [2.75, 3.05) is 5.73 Å². The first-order valence-corrected chi connectivity index (χ1v) is 4.62. The van der Waals surface area contributed by atoms with Gasteiger partial charge < -0.3 is 21.9 Å². The second-order valence-corrected chi connectivity index (χ2v) is 3.35. The number of benzene rings is 1. The monoisotopic (exact) mass is 223 g/mol. The summed E-state index contributed by atoms with van der Waals surface area (Å²) in [5.74, 6) is -1.13. The molecular formula is C10H13N3O3. The highest BCUT2D eigenvalue weighted by Crippen LogP contribution is 2.08. The number of nitrogens with two attached hydrogens (primary N) is 2. The first kappa shape index (κ1) is 11.8. The van der Waals surface area contributed by atoms with Crippen LogP contribution in [0.5, 0.6) is 0 Å². The zero-order valence-corrected chi connectivity index (χ0v) is 8.51.